The van der Waals surface area contributed by atoms with Crippen molar-refractivity contribution in [3.05, 3.63) is 27.9 Å². The summed E-state index contributed by atoms with van der Waals surface area (Å²) in [5, 5.41) is 22.8. The summed E-state index contributed by atoms with van der Waals surface area (Å²) < 4.78 is 4.73. The lowest BCUT2D eigenvalue weighted by atomic mass is 9.96. The topological polar surface area (TPSA) is 118 Å². The van der Waals surface area contributed by atoms with Crippen LogP contribution in [0.1, 0.15) is 32.3 Å². The molecule has 0 bridgehead atoms. The summed E-state index contributed by atoms with van der Waals surface area (Å²) >= 11 is 0. The van der Waals surface area contributed by atoms with E-state index in [-0.39, 0.29) is 11.4 Å². The Hall–Kier alpha value is -2.69. The van der Waals surface area contributed by atoms with E-state index >= 15 is 0 Å². The molecule has 0 saturated heterocycles. The van der Waals surface area contributed by atoms with Crippen molar-refractivity contribution in [1.82, 2.24) is 4.98 Å². The molecule has 1 heterocycles. The predicted molar refractivity (Wildman–Crippen MR) is 74.6 cm³/mol. The number of ether oxygens (including phenoxy) is 1. The van der Waals surface area contributed by atoms with Gasteiger partial charge in [-0.05, 0) is 19.4 Å². The standard InChI is InChI=1S/C13H16N4O4/c1-4-6-13(2,12(18)21-3)16-11-10(17(19)20)9(8-14)5-7-15-11/h5,7H,4,6H2,1-3H3,(H,15,16). The van der Waals surface area contributed by atoms with E-state index in [4.69, 9.17) is 10.00 Å². The molecular weight excluding hydrogens is 276 g/mol. The number of methoxy groups -OCH3 is 1. The first-order valence-electron chi connectivity index (χ1n) is 6.29. The average Bonchev–Trinajstić information content (AvgIpc) is 2.45. The lowest BCUT2D eigenvalue weighted by Gasteiger charge is -2.27. The smallest absolute Gasteiger partial charge is 0.331 e. The first-order valence-corrected chi connectivity index (χ1v) is 6.29. The molecule has 112 valence electrons. The molecule has 1 N–H and O–H groups in total. The Labute approximate surface area is 121 Å². The number of nitrogens with zero attached hydrogens (tertiary/aromatic N) is 3. The second kappa shape index (κ2) is 6.65. The van der Waals surface area contributed by atoms with Crippen LogP contribution in [0.15, 0.2) is 12.3 Å². The minimum absolute atomic E-state index is 0.124. The van der Waals surface area contributed by atoms with Crippen LogP contribution in [-0.4, -0.2) is 28.5 Å². The van der Waals surface area contributed by atoms with Crippen LogP contribution in [0.5, 0.6) is 0 Å². The van der Waals surface area contributed by atoms with Gasteiger partial charge in [0.2, 0.25) is 5.82 Å². The van der Waals surface area contributed by atoms with Crippen molar-refractivity contribution in [3.63, 3.8) is 0 Å². The fourth-order valence-electron chi connectivity index (χ4n) is 2.02. The molecule has 0 aliphatic carbocycles. The second-order valence-electron chi connectivity index (χ2n) is 4.62. The van der Waals surface area contributed by atoms with Gasteiger partial charge in [0.25, 0.3) is 0 Å². The summed E-state index contributed by atoms with van der Waals surface area (Å²) in [6.07, 6.45) is 2.33. The van der Waals surface area contributed by atoms with Gasteiger partial charge in [0.15, 0.2) is 0 Å². The Kier molecular flexibility index (Phi) is 5.18. The van der Waals surface area contributed by atoms with Gasteiger partial charge in [-0.25, -0.2) is 9.78 Å². The Morgan fingerprint density at radius 3 is 2.81 bits per heavy atom. The minimum Gasteiger partial charge on any atom is -0.467 e. The van der Waals surface area contributed by atoms with Crippen LogP contribution in [0.4, 0.5) is 11.5 Å². The highest BCUT2D eigenvalue weighted by atomic mass is 16.6. The summed E-state index contributed by atoms with van der Waals surface area (Å²) in [6.45, 7) is 3.45. The molecule has 1 aromatic rings. The van der Waals surface area contributed by atoms with Crippen molar-refractivity contribution >= 4 is 17.5 Å². The van der Waals surface area contributed by atoms with Crippen molar-refractivity contribution in [3.8, 4) is 6.07 Å². The molecule has 0 aromatic carbocycles. The summed E-state index contributed by atoms with van der Waals surface area (Å²) in [6, 6.07) is 2.99. The first kappa shape index (κ1) is 16.4. The third-order valence-corrected chi connectivity index (χ3v) is 3.01. The molecular formula is C13H16N4O4. The van der Waals surface area contributed by atoms with Crippen LogP contribution in [0, 0.1) is 21.4 Å². The molecule has 1 aromatic heterocycles. The van der Waals surface area contributed by atoms with Crippen molar-refractivity contribution < 1.29 is 14.5 Å². The number of nitriles is 1. The van der Waals surface area contributed by atoms with Gasteiger partial charge in [-0.15, -0.1) is 0 Å². The molecule has 8 heteroatoms. The maximum atomic E-state index is 11.9. The van der Waals surface area contributed by atoms with Crippen LogP contribution in [-0.2, 0) is 9.53 Å². The Morgan fingerprint density at radius 2 is 2.33 bits per heavy atom. The van der Waals surface area contributed by atoms with E-state index in [2.05, 4.69) is 10.3 Å². The second-order valence-corrected chi connectivity index (χ2v) is 4.62. The maximum Gasteiger partial charge on any atom is 0.331 e. The van der Waals surface area contributed by atoms with Gasteiger partial charge in [0.05, 0.1) is 12.0 Å². The van der Waals surface area contributed by atoms with E-state index < -0.39 is 22.1 Å². The summed E-state index contributed by atoms with van der Waals surface area (Å²) in [5.41, 5.74) is -1.73. The van der Waals surface area contributed by atoms with Crippen LogP contribution in [0.3, 0.4) is 0 Å². The van der Waals surface area contributed by atoms with Gasteiger partial charge in [-0.3, -0.25) is 10.1 Å². The van der Waals surface area contributed by atoms with E-state index in [0.29, 0.717) is 12.8 Å². The minimum atomic E-state index is -1.16. The molecule has 1 unspecified atom stereocenters. The Bertz CT molecular complexity index is 596. The molecule has 0 fully saturated rings. The number of hydrogen-bond donors (Lipinski definition) is 1. The molecule has 0 saturated carbocycles. The van der Waals surface area contributed by atoms with Gasteiger partial charge < -0.3 is 10.1 Å². The van der Waals surface area contributed by atoms with Gasteiger partial charge in [0.1, 0.15) is 17.2 Å². The third kappa shape index (κ3) is 3.45. The summed E-state index contributed by atoms with van der Waals surface area (Å²) in [5.74, 6) is -0.678. The molecule has 0 aliphatic heterocycles. The molecule has 0 aliphatic rings. The number of nitrogens with one attached hydrogen (secondary N) is 1. The SMILES string of the molecule is CCCC(C)(Nc1nccc(C#N)c1[N+](=O)[O-])C(=O)OC. The lowest BCUT2D eigenvalue weighted by molar-refractivity contribution is -0.384. The van der Waals surface area contributed by atoms with E-state index in [1.807, 2.05) is 6.92 Å². The van der Waals surface area contributed by atoms with Crippen molar-refractivity contribution in [1.29, 1.82) is 5.26 Å². The highest BCUT2D eigenvalue weighted by Crippen LogP contribution is 2.30. The van der Waals surface area contributed by atoms with Crippen LogP contribution in [0.25, 0.3) is 0 Å². The largest absolute Gasteiger partial charge is 0.467 e. The monoisotopic (exact) mass is 292 g/mol. The molecule has 8 nitrogen and oxygen atoms in total. The first-order chi connectivity index (χ1) is 9.89. The van der Waals surface area contributed by atoms with Crippen LogP contribution >= 0.6 is 0 Å². The molecule has 1 atom stereocenters. The van der Waals surface area contributed by atoms with Crippen molar-refractivity contribution in [2.75, 3.05) is 12.4 Å². The van der Waals surface area contributed by atoms with E-state index in [1.54, 1.807) is 13.0 Å². The molecule has 0 amide bonds. The highest BCUT2D eigenvalue weighted by molar-refractivity contribution is 5.84. The highest BCUT2D eigenvalue weighted by Gasteiger charge is 2.36. The number of carbonyl (C=O) groups is 1. The number of pyridine rings is 1. The van der Waals surface area contributed by atoms with Gasteiger partial charge in [0, 0.05) is 6.20 Å². The lowest BCUT2D eigenvalue weighted by Crippen LogP contribution is -2.44. The van der Waals surface area contributed by atoms with E-state index in [9.17, 15) is 14.9 Å². The molecule has 0 radical (unpaired) electrons. The van der Waals surface area contributed by atoms with Crippen LogP contribution < -0.4 is 5.32 Å². The zero-order valence-corrected chi connectivity index (χ0v) is 12.0. The Balaban J connectivity index is 3.31. The summed E-state index contributed by atoms with van der Waals surface area (Å²) in [7, 11) is 1.24. The van der Waals surface area contributed by atoms with E-state index in [1.165, 1.54) is 19.4 Å². The number of hydrogen-bond acceptors (Lipinski definition) is 7. The number of carbonyl (C=O) groups excluding carboxylic acids is 1. The molecule has 0 spiro atoms. The fourth-order valence-corrected chi connectivity index (χ4v) is 2.02. The normalized spacial score (nSPS) is 12.9. The Morgan fingerprint density at radius 1 is 1.67 bits per heavy atom. The van der Waals surface area contributed by atoms with Crippen molar-refractivity contribution in [2.24, 2.45) is 0 Å². The van der Waals surface area contributed by atoms with Crippen molar-refractivity contribution in [2.45, 2.75) is 32.2 Å². The number of nitro groups is 1. The zero-order chi connectivity index (χ0) is 16.0. The number of anilines is 1. The van der Waals surface area contributed by atoms with Gasteiger partial charge in [-0.1, -0.05) is 13.3 Å². The fraction of sp³-hybridized carbons (Fsp3) is 0.462. The maximum absolute atomic E-state index is 11.9. The van der Waals surface area contributed by atoms with E-state index in [0.717, 1.165) is 0 Å². The molecule has 21 heavy (non-hydrogen) atoms. The number of rotatable bonds is 6. The van der Waals surface area contributed by atoms with Crippen LogP contribution in [0.2, 0.25) is 0 Å². The number of esters is 1. The quantitative estimate of drug-likeness (QED) is 0.484. The van der Waals surface area contributed by atoms with Gasteiger partial charge >= 0.3 is 11.7 Å². The van der Waals surface area contributed by atoms with Gasteiger partial charge in [-0.2, -0.15) is 5.26 Å². The zero-order valence-electron chi connectivity index (χ0n) is 12.0. The third-order valence-electron chi connectivity index (χ3n) is 3.01. The predicted octanol–water partition coefficient (Wildman–Crippen LogP) is 2.01. The molecule has 1 rings (SSSR count). The number of aromatic nitrogens is 1. The summed E-state index contributed by atoms with van der Waals surface area (Å²) in [4.78, 5) is 26.2. The average molecular weight is 292 g/mol.